The van der Waals surface area contributed by atoms with Crippen LogP contribution in [0, 0.1) is 0 Å². The second kappa shape index (κ2) is 5.14. The van der Waals surface area contributed by atoms with E-state index in [1.807, 2.05) is 14.0 Å². The Morgan fingerprint density at radius 2 is 2.19 bits per heavy atom. The average molecular weight is 310 g/mol. The van der Waals surface area contributed by atoms with Gasteiger partial charge in [0.2, 0.25) is 0 Å². The molecule has 0 amide bonds. The molecule has 112 valence electrons. The van der Waals surface area contributed by atoms with Gasteiger partial charge in [-0.2, -0.15) is 5.10 Å². The summed E-state index contributed by atoms with van der Waals surface area (Å²) in [6.45, 7) is 2.38. The van der Waals surface area contributed by atoms with Gasteiger partial charge in [0, 0.05) is 13.0 Å². The lowest BCUT2D eigenvalue weighted by Gasteiger charge is -2.07. The van der Waals surface area contributed by atoms with Crippen molar-refractivity contribution in [2.75, 3.05) is 0 Å². The van der Waals surface area contributed by atoms with Crippen LogP contribution in [0.25, 0.3) is 0 Å². The zero-order chi connectivity index (χ0) is 15.1. The summed E-state index contributed by atoms with van der Waals surface area (Å²) in [6.07, 6.45) is 2.71. The average Bonchev–Trinajstić information content (AvgIpc) is 3.14. The Morgan fingerprint density at radius 1 is 1.48 bits per heavy atom. The smallest absolute Gasteiger partial charge is 0.358 e. The summed E-state index contributed by atoms with van der Waals surface area (Å²) in [5.74, 6) is -0.794. The third-order valence-corrected chi connectivity index (χ3v) is 4.18. The van der Waals surface area contributed by atoms with Gasteiger partial charge < -0.3 is 5.11 Å². The van der Waals surface area contributed by atoms with Gasteiger partial charge in [-0.3, -0.25) is 4.68 Å². The van der Waals surface area contributed by atoms with E-state index in [1.165, 1.54) is 0 Å². The third-order valence-electron chi connectivity index (χ3n) is 3.74. The summed E-state index contributed by atoms with van der Waals surface area (Å²) in [5, 5.41) is 22.0. The van der Waals surface area contributed by atoms with Crippen LogP contribution in [0.3, 0.4) is 0 Å². The molecule has 2 aromatic heterocycles. The molecule has 0 unspecified atom stereocenters. The molecule has 1 N–H and O–H groups in total. The highest BCUT2D eigenvalue weighted by Crippen LogP contribution is 2.41. The van der Waals surface area contributed by atoms with Gasteiger partial charge in [0.15, 0.2) is 5.69 Å². The maximum absolute atomic E-state index is 11.2. The van der Waals surface area contributed by atoms with E-state index >= 15 is 0 Å². The predicted octanol–water partition coefficient (Wildman–Crippen LogP) is 1.85. The second-order valence-corrected chi connectivity index (χ2v) is 5.62. The third kappa shape index (κ3) is 2.42. The minimum Gasteiger partial charge on any atom is -0.476 e. The second-order valence-electron chi connectivity index (χ2n) is 5.24. The molecule has 21 heavy (non-hydrogen) atoms. The van der Waals surface area contributed by atoms with E-state index in [2.05, 4.69) is 15.4 Å². The number of aromatic nitrogens is 5. The van der Waals surface area contributed by atoms with Crippen LogP contribution < -0.4 is 0 Å². The highest BCUT2D eigenvalue weighted by molar-refractivity contribution is 6.31. The van der Waals surface area contributed by atoms with Crippen molar-refractivity contribution < 1.29 is 9.90 Å². The first-order valence-corrected chi connectivity index (χ1v) is 7.27. The van der Waals surface area contributed by atoms with E-state index in [4.69, 9.17) is 11.6 Å². The molecule has 7 nitrogen and oxygen atoms in total. The number of carboxylic acid groups (broad SMARTS) is 1. The minimum absolute atomic E-state index is 0.0477. The molecule has 0 saturated heterocycles. The van der Waals surface area contributed by atoms with Gasteiger partial charge in [0.1, 0.15) is 0 Å². The normalized spacial score (nSPS) is 14.6. The summed E-state index contributed by atoms with van der Waals surface area (Å²) in [4.78, 5) is 11.2. The van der Waals surface area contributed by atoms with E-state index in [-0.39, 0.29) is 11.6 Å². The van der Waals surface area contributed by atoms with Crippen molar-refractivity contribution in [1.29, 1.82) is 0 Å². The fraction of sp³-hybridized carbons (Fsp3) is 0.538. The Bertz CT molecular complexity index is 702. The van der Waals surface area contributed by atoms with Crippen molar-refractivity contribution >= 4 is 17.6 Å². The lowest BCUT2D eigenvalue weighted by molar-refractivity contribution is 0.0689. The van der Waals surface area contributed by atoms with Gasteiger partial charge >= 0.3 is 5.97 Å². The van der Waals surface area contributed by atoms with Crippen molar-refractivity contribution in [2.24, 2.45) is 7.05 Å². The Labute approximate surface area is 126 Å². The molecule has 2 heterocycles. The highest BCUT2D eigenvalue weighted by Gasteiger charge is 2.34. The number of hydrogen-bond donors (Lipinski definition) is 1. The first-order valence-electron chi connectivity index (χ1n) is 6.89. The van der Waals surface area contributed by atoms with Crippen LogP contribution in [-0.2, 0) is 20.0 Å². The summed E-state index contributed by atoms with van der Waals surface area (Å²) in [6, 6.07) is 0. The molecule has 0 radical (unpaired) electrons. The monoisotopic (exact) mass is 309 g/mol. The molecule has 0 bridgehead atoms. The first-order chi connectivity index (χ1) is 10.0. The summed E-state index contributed by atoms with van der Waals surface area (Å²) in [5.41, 5.74) is 2.39. The van der Waals surface area contributed by atoms with Crippen molar-refractivity contribution in [3.8, 4) is 0 Å². The Kier molecular flexibility index (Phi) is 3.44. The Hall–Kier alpha value is -1.89. The topological polar surface area (TPSA) is 85.8 Å². The number of nitrogens with zero attached hydrogens (tertiary/aromatic N) is 5. The van der Waals surface area contributed by atoms with Crippen LogP contribution >= 0.6 is 11.6 Å². The van der Waals surface area contributed by atoms with Gasteiger partial charge in [-0.1, -0.05) is 23.7 Å². The first kappa shape index (κ1) is 14.1. The zero-order valence-electron chi connectivity index (χ0n) is 11.9. The van der Waals surface area contributed by atoms with Gasteiger partial charge in [-0.25, -0.2) is 9.48 Å². The number of carbonyl (C=O) groups is 1. The summed E-state index contributed by atoms with van der Waals surface area (Å²) in [7, 11) is 1.83. The van der Waals surface area contributed by atoms with Gasteiger partial charge in [0.05, 0.1) is 28.6 Å². The SMILES string of the molecule is CCc1nn(C)c(Cn2nnc(C(=O)O)c2C2CC2)c1Cl. The Balaban J connectivity index is 1.99. The van der Waals surface area contributed by atoms with Gasteiger partial charge in [-0.05, 0) is 19.3 Å². The van der Waals surface area contributed by atoms with E-state index in [1.54, 1.807) is 9.36 Å². The number of halogens is 1. The van der Waals surface area contributed by atoms with Crippen LogP contribution in [0.1, 0.15) is 53.3 Å². The molecule has 1 fully saturated rings. The number of hydrogen-bond acceptors (Lipinski definition) is 4. The molecule has 0 spiro atoms. The van der Waals surface area contributed by atoms with Crippen molar-refractivity contribution in [1.82, 2.24) is 24.8 Å². The van der Waals surface area contributed by atoms with Gasteiger partial charge in [0.25, 0.3) is 0 Å². The lowest BCUT2D eigenvalue weighted by Crippen LogP contribution is -2.11. The molecule has 0 aromatic carbocycles. The van der Waals surface area contributed by atoms with E-state index in [0.717, 1.165) is 30.7 Å². The standard InChI is InChI=1S/C13H16ClN5O2/c1-3-8-10(14)9(18(2)16-8)6-19-12(7-4-5-7)11(13(20)21)15-17-19/h7H,3-6H2,1-2H3,(H,20,21). The molecule has 0 atom stereocenters. The predicted molar refractivity (Wildman–Crippen MR) is 75.7 cm³/mol. The van der Waals surface area contributed by atoms with E-state index in [9.17, 15) is 9.90 Å². The van der Waals surface area contributed by atoms with E-state index < -0.39 is 5.97 Å². The van der Waals surface area contributed by atoms with E-state index in [0.29, 0.717) is 17.3 Å². The summed E-state index contributed by atoms with van der Waals surface area (Å²) >= 11 is 6.34. The maximum Gasteiger partial charge on any atom is 0.358 e. The molecule has 2 aromatic rings. The number of rotatable bonds is 5. The number of aromatic carboxylic acids is 1. The fourth-order valence-electron chi connectivity index (χ4n) is 2.48. The molecule has 1 aliphatic carbocycles. The van der Waals surface area contributed by atoms with Crippen molar-refractivity contribution in [3.63, 3.8) is 0 Å². The lowest BCUT2D eigenvalue weighted by atomic mass is 10.2. The molecular formula is C13H16ClN5O2. The van der Waals surface area contributed by atoms with Crippen LogP contribution in [0.4, 0.5) is 0 Å². The molecule has 1 saturated carbocycles. The number of carboxylic acids is 1. The minimum atomic E-state index is -1.03. The largest absolute Gasteiger partial charge is 0.476 e. The number of aryl methyl sites for hydroxylation is 2. The van der Waals surface area contributed by atoms with Crippen LogP contribution in [-0.4, -0.2) is 35.9 Å². The van der Waals surface area contributed by atoms with Crippen LogP contribution in [0.15, 0.2) is 0 Å². The maximum atomic E-state index is 11.2. The molecular weight excluding hydrogens is 294 g/mol. The van der Waals surface area contributed by atoms with Crippen LogP contribution in [0.5, 0.6) is 0 Å². The van der Waals surface area contributed by atoms with Crippen LogP contribution in [0.2, 0.25) is 5.02 Å². The zero-order valence-corrected chi connectivity index (χ0v) is 12.6. The summed E-state index contributed by atoms with van der Waals surface area (Å²) < 4.78 is 3.36. The van der Waals surface area contributed by atoms with Crippen molar-refractivity contribution in [2.45, 2.75) is 38.6 Å². The molecule has 8 heteroatoms. The fourth-order valence-corrected chi connectivity index (χ4v) is 2.84. The molecule has 1 aliphatic rings. The highest BCUT2D eigenvalue weighted by atomic mass is 35.5. The Morgan fingerprint density at radius 3 is 2.71 bits per heavy atom. The molecule has 0 aliphatic heterocycles. The van der Waals surface area contributed by atoms with Gasteiger partial charge in [-0.15, -0.1) is 5.10 Å². The van der Waals surface area contributed by atoms with Crippen molar-refractivity contribution in [3.05, 3.63) is 27.8 Å². The quantitative estimate of drug-likeness (QED) is 0.911. The molecule has 3 rings (SSSR count).